The summed E-state index contributed by atoms with van der Waals surface area (Å²) in [7, 11) is 0. The first-order valence-electron chi connectivity index (χ1n) is 7.09. The lowest BCUT2D eigenvalue weighted by Gasteiger charge is -2.20. The van der Waals surface area contributed by atoms with Crippen LogP contribution in [0.3, 0.4) is 0 Å². The van der Waals surface area contributed by atoms with Crippen LogP contribution in [0.2, 0.25) is 0 Å². The van der Waals surface area contributed by atoms with Crippen molar-refractivity contribution in [3.05, 3.63) is 59.5 Å². The molecule has 1 fully saturated rings. The van der Waals surface area contributed by atoms with Crippen LogP contribution in [0, 0.1) is 6.92 Å². The quantitative estimate of drug-likeness (QED) is 0.753. The molecular formula is C17H19NO2. The van der Waals surface area contributed by atoms with E-state index >= 15 is 0 Å². The molecule has 20 heavy (non-hydrogen) atoms. The van der Waals surface area contributed by atoms with Crippen molar-refractivity contribution in [3.8, 4) is 0 Å². The number of ketones is 1. The summed E-state index contributed by atoms with van der Waals surface area (Å²) in [6.45, 7) is 3.17. The van der Waals surface area contributed by atoms with Gasteiger partial charge in [-0.1, -0.05) is 24.3 Å². The van der Waals surface area contributed by atoms with Gasteiger partial charge in [-0.05, 0) is 37.5 Å². The zero-order valence-electron chi connectivity index (χ0n) is 11.7. The fourth-order valence-electron chi connectivity index (χ4n) is 2.51. The van der Waals surface area contributed by atoms with E-state index in [0.29, 0.717) is 12.6 Å². The first-order chi connectivity index (χ1) is 9.74. The number of aryl methyl sites for hydroxylation is 1. The molecular weight excluding hydrogens is 250 g/mol. The van der Waals surface area contributed by atoms with Gasteiger partial charge in [-0.3, -0.25) is 9.69 Å². The predicted octanol–water partition coefficient (Wildman–Crippen LogP) is 3.44. The van der Waals surface area contributed by atoms with Gasteiger partial charge in [0, 0.05) is 11.6 Å². The summed E-state index contributed by atoms with van der Waals surface area (Å²) in [5, 5.41) is 0. The summed E-state index contributed by atoms with van der Waals surface area (Å²) in [4.78, 5) is 14.7. The van der Waals surface area contributed by atoms with E-state index in [1.165, 1.54) is 12.8 Å². The summed E-state index contributed by atoms with van der Waals surface area (Å²) in [5.74, 6) is 1.12. The van der Waals surface area contributed by atoms with E-state index in [1.54, 1.807) is 6.26 Å². The molecule has 104 valence electrons. The maximum Gasteiger partial charge on any atom is 0.177 e. The Bertz CT molecular complexity index is 585. The Balaban J connectivity index is 1.70. The van der Waals surface area contributed by atoms with E-state index in [2.05, 4.69) is 4.90 Å². The number of carbonyl (C=O) groups excluding carboxylic acids is 1. The van der Waals surface area contributed by atoms with Crippen molar-refractivity contribution in [2.45, 2.75) is 32.4 Å². The summed E-state index contributed by atoms with van der Waals surface area (Å²) in [5.41, 5.74) is 1.88. The van der Waals surface area contributed by atoms with Gasteiger partial charge in [0.25, 0.3) is 0 Å². The Labute approximate surface area is 119 Å². The van der Waals surface area contributed by atoms with E-state index in [1.807, 2.05) is 43.3 Å². The second-order valence-electron chi connectivity index (χ2n) is 5.45. The first-order valence-corrected chi connectivity index (χ1v) is 7.09. The van der Waals surface area contributed by atoms with Crippen LogP contribution >= 0.6 is 0 Å². The fourth-order valence-corrected chi connectivity index (χ4v) is 2.51. The molecule has 0 bridgehead atoms. The van der Waals surface area contributed by atoms with Crippen molar-refractivity contribution in [2.24, 2.45) is 0 Å². The van der Waals surface area contributed by atoms with Gasteiger partial charge in [0.2, 0.25) is 0 Å². The van der Waals surface area contributed by atoms with Crippen molar-refractivity contribution in [2.75, 3.05) is 6.54 Å². The molecule has 1 aromatic carbocycles. The summed E-state index contributed by atoms with van der Waals surface area (Å²) in [6, 6.07) is 12.2. The average molecular weight is 269 g/mol. The largest absolute Gasteiger partial charge is 0.468 e. The van der Waals surface area contributed by atoms with E-state index in [-0.39, 0.29) is 5.78 Å². The third-order valence-electron chi connectivity index (χ3n) is 3.79. The Morgan fingerprint density at radius 1 is 1.25 bits per heavy atom. The molecule has 3 heteroatoms. The number of hydrogen-bond donors (Lipinski definition) is 0. The first kappa shape index (κ1) is 13.1. The second kappa shape index (κ2) is 5.63. The number of hydrogen-bond acceptors (Lipinski definition) is 3. The van der Waals surface area contributed by atoms with Gasteiger partial charge < -0.3 is 4.42 Å². The molecule has 0 spiro atoms. The third-order valence-corrected chi connectivity index (χ3v) is 3.79. The zero-order valence-corrected chi connectivity index (χ0v) is 11.7. The van der Waals surface area contributed by atoms with Gasteiger partial charge in [-0.15, -0.1) is 0 Å². The average Bonchev–Trinajstić information content (AvgIpc) is 3.17. The minimum Gasteiger partial charge on any atom is -0.468 e. The number of Topliss-reactive ketones (excluding diaryl/α,β-unsaturated/α-hetero) is 1. The highest BCUT2D eigenvalue weighted by molar-refractivity contribution is 5.98. The molecule has 1 aromatic heterocycles. The van der Waals surface area contributed by atoms with Crippen LogP contribution in [0.5, 0.6) is 0 Å². The normalized spacial score (nSPS) is 14.7. The van der Waals surface area contributed by atoms with Crippen LogP contribution < -0.4 is 0 Å². The molecule has 1 aliphatic carbocycles. The van der Waals surface area contributed by atoms with Crippen molar-refractivity contribution >= 4 is 5.78 Å². The topological polar surface area (TPSA) is 33.5 Å². The molecule has 1 saturated carbocycles. The standard InChI is InChI=1S/C17H19NO2/c1-13-5-2-3-7-16(13)17(19)12-18(14-8-9-14)11-15-6-4-10-20-15/h2-7,10,14H,8-9,11-12H2,1H3. The fraction of sp³-hybridized carbons (Fsp3) is 0.353. The van der Waals surface area contributed by atoms with Crippen molar-refractivity contribution in [1.29, 1.82) is 0 Å². The van der Waals surface area contributed by atoms with Crippen molar-refractivity contribution in [3.63, 3.8) is 0 Å². The molecule has 0 atom stereocenters. The van der Waals surface area contributed by atoms with E-state index in [0.717, 1.165) is 23.4 Å². The molecule has 0 N–H and O–H groups in total. The van der Waals surface area contributed by atoms with Crippen LogP contribution in [0.15, 0.2) is 47.1 Å². The lowest BCUT2D eigenvalue weighted by atomic mass is 10.0. The smallest absolute Gasteiger partial charge is 0.177 e. The molecule has 0 aliphatic heterocycles. The van der Waals surface area contributed by atoms with Crippen LogP contribution in [0.4, 0.5) is 0 Å². The Morgan fingerprint density at radius 2 is 2.05 bits per heavy atom. The van der Waals surface area contributed by atoms with E-state index in [9.17, 15) is 4.79 Å². The Hall–Kier alpha value is -1.87. The Morgan fingerprint density at radius 3 is 2.70 bits per heavy atom. The van der Waals surface area contributed by atoms with E-state index in [4.69, 9.17) is 4.42 Å². The number of benzene rings is 1. The summed E-state index contributed by atoms with van der Waals surface area (Å²) >= 11 is 0. The van der Waals surface area contributed by atoms with Crippen LogP contribution in [-0.4, -0.2) is 23.3 Å². The SMILES string of the molecule is Cc1ccccc1C(=O)CN(Cc1ccco1)C1CC1. The Kier molecular flexibility index (Phi) is 3.70. The highest BCUT2D eigenvalue weighted by atomic mass is 16.3. The molecule has 1 aliphatic rings. The predicted molar refractivity (Wildman–Crippen MR) is 77.6 cm³/mol. The molecule has 2 aromatic rings. The molecule has 1 heterocycles. The van der Waals surface area contributed by atoms with Gasteiger partial charge >= 0.3 is 0 Å². The maximum absolute atomic E-state index is 12.5. The van der Waals surface area contributed by atoms with Crippen LogP contribution in [-0.2, 0) is 6.54 Å². The second-order valence-corrected chi connectivity index (χ2v) is 5.45. The van der Waals surface area contributed by atoms with Gasteiger partial charge in [-0.25, -0.2) is 0 Å². The molecule has 0 radical (unpaired) electrons. The summed E-state index contributed by atoms with van der Waals surface area (Å²) < 4.78 is 5.40. The van der Waals surface area contributed by atoms with Gasteiger partial charge in [-0.2, -0.15) is 0 Å². The molecule has 0 saturated heterocycles. The highest BCUT2D eigenvalue weighted by Gasteiger charge is 2.31. The molecule has 0 unspecified atom stereocenters. The molecule has 0 amide bonds. The van der Waals surface area contributed by atoms with Crippen molar-refractivity contribution < 1.29 is 9.21 Å². The van der Waals surface area contributed by atoms with E-state index < -0.39 is 0 Å². The molecule has 3 rings (SSSR count). The van der Waals surface area contributed by atoms with Crippen molar-refractivity contribution in [1.82, 2.24) is 4.90 Å². The summed E-state index contributed by atoms with van der Waals surface area (Å²) in [6.07, 6.45) is 4.05. The minimum absolute atomic E-state index is 0.196. The number of carbonyl (C=O) groups is 1. The number of nitrogens with zero attached hydrogens (tertiary/aromatic N) is 1. The number of furan rings is 1. The lowest BCUT2D eigenvalue weighted by molar-refractivity contribution is 0.0913. The minimum atomic E-state index is 0.196. The van der Waals surface area contributed by atoms with Crippen LogP contribution in [0.25, 0.3) is 0 Å². The highest BCUT2D eigenvalue weighted by Crippen LogP contribution is 2.28. The zero-order chi connectivity index (χ0) is 13.9. The monoisotopic (exact) mass is 269 g/mol. The van der Waals surface area contributed by atoms with Gasteiger partial charge in [0.05, 0.1) is 19.4 Å². The maximum atomic E-state index is 12.5. The third kappa shape index (κ3) is 2.99. The lowest BCUT2D eigenvalue weighted by Crippen LogP contribution is -2.31. The van der Waals surface area contributed by atoms with Crippen LogP contribution in [0.1, 0.15) is 34.5 Å². The number of rotatable bonds is 6. The van der Waals surface area contributed by atoms with Gasteiger partial charge in [0.15, 0.2) is 5.78 Å². The molecule has 3 nitrogen and oxygen atoms in total. The van der Waals surface area contributed by atoms with Gasteiger partial charge in [0.1, 0.15) is 5.76 Å².